The molecule has 0 aliphatic rings. The van der Waals surface area contributed by atoms with Crippen molar-refractivity contribution >= 4 is 16.9 Å². The molecule has 1 aromatic carbocycles. The summed E-state index contributed by atoms with van der Waals surface area (Å²) in [7, 11) is 1.67. The second kappa shape index (κ2) is 12.2. The lowest BCUT2D eigenvalue weighted by Crippen LogP contribution is -2.22. The zero-order valence-corrected chi connectivity index (χ0v) is 19.0. The van der Waals surface area contributed by atoms with Gasteiger partial charge in [0.2, 0.25) is 0 Å². The fourth-order valence-electron chi connectivity index (χ4n) is 3.47. The number of aryl methyl sites for hydroxylation is 1. The van der Waals surface area contributed by atoms with Crippen LogP contribution in [-0.2, 0) is 6.54 Å². The molecule has 0 spiro atoms. The smallest absolute Gasteiger partial charge is 0.154 e. The summed E-state index contributed by atoms with van der Waals surface area (Å²) in [5.74, 6) is 2.44. The van der Waals surface area contributed by atoms with Gasteiger partial charge >= 0.3 is 0 Å². The molecule has 0 saturated heterocycles. The highest BCUT2D eigenvalue weighted by atomic mass is 16.5. The summed E-state index contributed by atoms with van der Waals surface area (Å²) in [6.07, 6.45) is 6.04. The van der Waals surface area contributed by atoms with Gasteiger partial charge in [0.05, 0.1) is 12.6 Å². The first-order valence-corrected chi connectivity index (χ1v) is 11.0. The Bertz CT molecular complexity index is 890. The molecule has 30 heavy (non-hydrogen) atoms. The van der Waals surface area contributed by atoms with Crippen molar-refractivity contribution in [2.75, 3.05) is 19.0 Å². The van der Waals surface area contributed by atoms with E-state index in [0.29, 0.717) is 6.42 Å². The number of aromatic nitrogens is 3. The summed E-state index contributed by atoms with van der Waals surface area (Å²) in [5, 5.41) is 13.0. The molecule has 0 unspecified atom stereocenters. The predicted octanol–water partition coefficient (Wildman–Crippen LogP) is 5.18. The fraction of sp³-hybridized carbons (Fsp3) is 0.500. The number of ether oxygens (including phenoxy) is 1. The Morgan fingerprint density at radius 3 is 2.47 bits per heavy atom. The average Bonchev–Trinajstić information content (AvgIpc) is 3.16. The standard InChI is InChI=1S/C22H30N4O2.C2H6/c1-4-5-6-18(12-14-27)25-22-21-20(23-16(2)24-22)11-13-26(21)15-17-7-9-19(28-3)10-8-17;1-2/h7-11,13,18,27H,4-6,12,14-15H2,1-3H3,(H,23,24,25);1-2H3/t18-;/m0./s1. The van der Waals surface area contributed by atoms with E-state index in [-0.39, 0.29) is 12.6 Å². The average molecular weight is 413 g/mol. The SMILES string of the molecule is CC.CCCC[C@@H](CCO)Nc1nc(C)nc2ccn(Cc3ccc(OC)cc3)c12. The lowest BCUT2D eigenvalue weighted by Gasteiger charge is -2.20. The molecular weight excluding hydrogens is 376 g/mol. The molecule has 0 saturated carbocycles. The number of rotatable bonds is 10. The van der Waals surface area contributed by atoms with E-state index in [1.807, 2.05) is 39.0 Å². The number of benzene rings is 1. The van der Waals surface area contributed by atoms with Crippen molar-refractivity contribution in [2.24, 2.45) is 0 Å². The number of hydrogen-bond donors (Lipinski definition) is 2. The maximum Gasteiger partial charge on any atom is 0.154 e. The molecule has 0 aliphatic carbocycles. The van der Waals surface area contributed by atoms with Gasteiger partial charge in [-0.05, 0) is 43.5 Å². The maximum atomic E-state index is 9.45. The number of nitrogens with one attached hydrogen (secondary N) is 1. The lowest BCUT2D eigenvalue weighted by molar-refractivity contribution is 0.276. The van der Waals surface area contributed by atoms with Crippen LogP contribution in [0.4, 0.5) is 5.82 Å². The molecule has 3 aromatic rings. The minimum atomic E-state index is 0.168. The van der Waals surface area contributed by atoms with Crippen molar-refractivity contribution in [1.82, 2.24) is 14.5 Å². The van der Waals surface area contributed by atoms with Gasteiger partial charge < -0.3 is 19.7 Å². The molecular formula is C24H36N4O2. The first-order valence-electron chi connectivity index (χ1n) is 11.0. The number of aliphatic hydroxyl groups excluding tert-OH is 1. The quantitative estimate of drug-likeness (QED) is 0.480. The third kappa shape index (κ3) is 6.20. The Labute approximate surface area is 180 Å². The molecule has 3 rings (SSSR count). The molecule has 0 fully saturated rings. The van der Waals surface area contributed by atoms with E-state index in [9.17, 15) is 5.11 Å². The number of aliphatic hydroxyl groups is 1. The van der Waals surface area contributed by atoms with Crippen LogP contribution in [0.5, 0.6) is 5.75 Å². The first-order chi connectivity index (χ1) is 14.6. The van der Waals surface area contributed by atoms with Gasteiger partial charge in [-0.2, -0.15) is 0 Å². The largest absolute Gasteiger partial charge is 0.497 e. The van der Waals surface area contributed by atoms with Gasteiger partial charge in [-0.3, -0.25) is 0 Å². The monoisotopic (exact) mass is 412 g/mol. The van der Waals surface area contributed by atoms with Crippen molar-refractivity contribution in [1.29, 1.82) is 0 Å². The van der Waals surface area contributed by atoms with E-state index in [4.69, 9.17) is 4.74 Å². The van der Waals surface area contributed by atoms with E-state index < -0.39 is 0 Å². The zero-order chi connectivity index (χ0) is 21.9. The third-order valence-corrected chi connectivity index (χ3v) is 4.96. The molecule has 2 N–H and O–H groups in total. The van der Waals surface area contributed by atoms with E-state index in [1.54, 1.807) is 7.11 Å². The molecule has 6 heteroatoms. The topological polar surface area (TPSA) is 72.2 Å². The number of unbranched alkanes of at least 4 members (excludes halogenated alkanes) is 1. The number of hydrogen-bond acceptors (Lipinski definition) is 5. The lowest BCUT2D eigenvalue weighted by atomic mass is 10.1. The molecule has 2 heterocycles. The Balaban J connectivity index is 0.00000155. The van der Waals surface area contributed by atoms with Crippen LogP contribution in [-0.4, -0.2) is 39.4 Å². The summed E-state index contributed by atoms with van der Waals surface area (Å²) in [4.78, 5) is 9.29. The predicted molar refractivity (Wildman–Crippen MR) is 124 cm³/mol. The van der Waals surface area contributed by atoms with Crippen LogP contribution >= 0.6 is 0 Å². The Hall–Kier alpha value is -2.60. The van der Waals surface area contributed by atoms with E-state index in [1.165, 1.54) is 5.56 Å². The van der Waals surface area contributed by atoms with E-state index >= 15 is 0 Å². The van der Waals surface area contributed by atoms with E-state index in [0.717, 1.165) is 54.2 Å². The molecule has 6 nitrogen and oxygen atoms in total. The van der Waals surface area contributed by atoms with Gasteiger partial charge in [0.1, 0.15) is 17.1 Å². The highest BCUT2D eigenvalue weighted by Gasteiger charge is 2.15. The molecule has 2 aromatic heterocycles. The van der Waals surface area contributed by atoms with Crippen molar-refractivity contribution in [3.63, 3.8) is 0 Å². The van der Waals surface area contributed by atoms with Crippen LogP contribution in [0.25, 0.3) is 11.0 Å². The van der Waals surface area contributed by atoms with Gasteiger partial charge in [0.15, 0.2) is 5.82 Å². The highest BCUT2D eigenvalue weighted by Crippen LogP contribution is 2.25. The number of nitrogens with zero attached hydrogens (tertiary/aromatic N) is 3. The van der Waals surface area contributed by atoms with Gasteiger partial charge in [0.25, 0.3) is 0 Å². The molecule has 1 atom stereocenters. The molecule has 164 valence electrons. The minimum absolute atomic E-state index is 0.168. The van der Waals surface area contributed by atoms with Gasteiger partial charge in [0, 0.05) is 25.4 Å². The second-order valence-corrected chi connectivity index (χ2v) is 7.14. The Morgan fingerprint density at radius 2 is 1.83 bits per heavy atom. The van der Waals surface area contributed by atoms with Crippen molar-refractivity contribution in [3.8, 4) is 5.75 Å². The molecule has 0 amide bonds. The van der Waals surface area contributed by atoms with Gasteiger partial charge in [-0.1, -0.05) is 45.7 Å². The van der Waals surface area contributed by atoms with Crippen LogP contribution in [0.15, 0.2) is 36.5 Å². The number of methoxy groups -OCH3 is 1. The first kappa shape index (κ1) is 23.7. The zero-order valence-electron chi connectivity index (χ0n) is 19.0. The summed E-state index contributed by atoms with van der Waals surface area (Å²) < 4.78 is 7.42. The molecule has 0 radical (unpaired) electrons. The molecule has 0 aliphatic heterocycles. The Morgan fingerprint density at radius 1 is 1.10 bits per heavy atom. The van der Waals surface area contributed by atoms with Gasteiger partial charge in [-0.15, -0.1) is 0 Å². The summed E-state index contributed by atoms with van der Waals surface area (Å²) >= 11 is 0. The summed E-state index contributed by atoms with van der Waals surface area (Å²) in [6.45, 7) is 9.00. The Kier molecular flexibility index (Phi) is 9.61. The van der Waals surface area contributed by atoms with Gasteiger partial charge in [-0.25, -0.2) is 9.97 Å². The maximum absolute atomic E-state index is 9.45. The minimum Gasteiger partial charge on any atom is -0.497 e. The van der Waals surface area contributed by atoms with Crippen LogP contribution in [0.1, 0.15) is 57.8 Å². The summed E-state index contributed by atoms with van der Waals surface area (Å²) in [5.41, 5.74) is 3.12. The number of fused-ring (bicyclic) bond motifs is 1. The van der Waals surface area contributed by atoms with Crippen LogP contribution in [0.3, 0.4) is 0 Å². The fourth-order valence-corrected chi connectivity index (χ4v) is 3.47. The summed E-state index contributed by atoms with van der Waals surface area (Å²) in [6, 6.07) is 10.3. The second-order valence-electron chi connectivity index (χ2n) is 7.14. The highest BCUT2D eigenvalue weighted by molar-refractivity contribution is 5.86. The van der Waals surface area contributed by atoms with Crippen LogP contribution in [0.2, 0.25) is 0 Å². The third-order valence-electron chi connectivity index (χ3n) is 4.96. The van der Waals surface area contributed by atoms with E-state index in [2.05, 4.69) is 45.1 Å². The normalized spacial score (nSPS) is 11.7. The van der Waals surface area contributed by atoms with Crippen LogP contribution < -0.4 is 10.1 Å². The number of anilines is 1. The molecule has 0 bridgehead atoms. The van der Waals surface area contributed by atoms with Crippen molar-refractivity contribution < 1.29 is 9.84 Å². The van der Waals surface area contributed by atoms with Crippen molar-refractivity contribution in [3.05, 3.63) is 47.9 Å². The van der Waals surface area contributed by atoms with Crippen LogP contribution in [0, 0.1) is 6.92 Å². The van der Waals surface area contributed by atoms with Crippen molar-refractivity contribution in [2.45, 2.75) is 66.0 Å².